The molecule has 1 fully saturated rings. The quantitative estimate of drug-likeness (QED) is 0.685. The van der Waals surface area contributed by atoms with E-state index in [1.54, 1.807) is 31.1 Å². The molecule has 0 aliphatic carbocycles. The first-order valence-corrected chi connectivity index (χ1v) is 10.6. The molecule has 4 rings (SSSR count). The van der Waals surface area contributed by atoms with Crippen LogP contribution >= 0.6 is 0 Å². The smallest absolute Gasteiger partial charge is 0.259 e. The second-order valence-electron chi connectivity index (χ2n) is 7.92. The van der Waals surface area contributed by atoms with Gasteiger partial charge in [0.05, 0.1) is 22.9 Å². The van der Waals surface area contributed by atoms with Gasteiger partial charge in [-0.05, 0) is 44.4 Å². The lowest BCUT2D eigenvalue weighted by atomic mass is 10.00. The van der Waals surface area contributed by atoms with Gasteiger partial charge in [-0.25, -0.2) is 9.97 Å². The number of pyridine rings is 1. The monoisotopic (exact) mass is 431 g/mol. The van der Waals surface area contributed by atoms with Gasteiger partial charge in [0.25, 0.3) is 11.8 Å². The maximum Gasteiger partial charge on any atom is 0.259 e. The summed E-state index contributed by atoms with van der Waals surface area (Å²) in [7, 11) is 1.62. The van der Waals surface area contributed by atoms with Gasteiger partial charge in [0.2, 0.25) is 5.56 Å². The zero-order valence-electron chi connectivity index (χ0n) is 18.1. The minimum Gasteiger partial charge on any atom is -0.328 e. The number of para-hydroxylation sites is 1. The van der Waals surface area contributed by atoms with Crippen LogP contribution in [0.25, 0.3) is 0 Å². The van der Waals surface area contributed by atoms with E-state index in [1.165, 1.54) is 16.8 Å². The average Bonchev–Trinajstić information content (AvgIpc) is 2.81. The van der Waals surface area contributed by atoms with E-state index in [1.807, 2.05) is 30.3 Å². The van der Waals surface area contributed by atoms with E-state index in [0.29, 0.717) is 34.9 Å². The molecular formula is C24H25N5O3. The van der Waals surface area contributed by atoms with Gasteiger partial charge >= 0.3 is 0 Å². The van der Waals surface area contributed by atoms with Crippen LogP contribution in [0.3, 0.4) is 0 Å². The fraction of sp³-hybridized carbons (Fsp3) is 0.292. The summed E-state index contributed by atoms with van der Waals surface area (Å²) < 4.78 is 1.40. The molecule has 164 valence electrons. The summed E-state index contributed by atoms with van der Waals surface area (Å²) in [5.74, 6) is 0.0936. The summed E-state index contributed by atoms with van der Waals surface area (Å²) in [6.07, 6.45) is 5.68. The number of hydrogen-bond donors (Lipinski definition) is 1. The maximum absolute atomic E-state index is 13.2. The molecule has 0 radical (unpaired) electrons. The largest absolute Gasteiger partial charge is 0.328 e. The molecule has 1 N–H and O–H groups in total. The molecule has 1 atom stereocenters. The van der Waals surface area contributed by atoms with Crippen molar-refractivity contribution in [2.75, 3.05) is 11.9 Å². The fourth-order valence-electron chi connectivity index (χ4n) is 3.92. The van der Waals surface area contributed by atoms with Crippen molar-refractivity contribution in [3.05, 3.63) is 87.9 Å². The highest BCUT2D eigenvalue weighted by Gasteiger charge is 2.31. The summed E-state index contributed by atoms with van der Waals surface area (Å²) in [5.41, 5.74) is 1.94. The number of nitrogens with one attached hydrogen (secondary N) is 1. The number of likely N-dealkylation sites (tertiary alicyclic amines) is 1. The van der Waals surface area contributed by atoms with Gasteiger partial charge in [-0.2, -0.15) is 0 Å². The first-order valence-electron chi connectivity index (χ1n) is 10.6. The molecule has 8 nitrogen and oxygen atoms in total. The van der Waals surface area contributed by atoms with Crippen LogP contribution in [-0.4, -0.2) is 37.8 Å². The average molecular weight is 431 g/mol. The number of amides is 2. The number of hydrogen-bond acceptors (Lipinski definition) is 5. The Hall–Kier alpha value is -3.81. The van der Waals surface area contributed by atoms with Crippen LogP contribution in [0.15, 0.2) is 59.7 Å². The van der Waals surface area contributed by atoms with Crippen LogP contribution in [0.2, 0.25) is 0 Å². The van der Waals surface area contributed by atoms with E-state index in [9.17, 15) is 14.4 Å². The molecular weight excluding hydrogens is 406 g/mol. The first kappa shape index (κ1) is 21.4. The molecule has 1 unspecified atom stereocenters. The highest BCUT2D eigenvalue weighted by atomic mass is 16.2. The molecule has 8 heteroatoms. The first-order chi connectivity index (χ1) is 15.4. The zero-order valence-corrected chi connectivity index (χ0v) is 18.1. The van der Waals surface area contributed by atoms with Crippen molar-refractivity contribution in [1.82, 2.24) is 19.4 Å². The van der Waals surface area contributed by atoms with Crippen LogP contribution in [-0.2, 0) is 7.05 Å². The van der Waals surface area contributed by atoms with E-state index in [-0.39, 0.29) is 23.4 Å². The topological polar surface area (TPSA) is 97.2 Å². The Morgan fingerprint density at radius 3 is 2.59 bits per heavy atom. The van der Waals surface area contributed by atoms with Crippen LogP contribution in [0, 0.1) is 6.92 Å². The lowest BCUT2D eigenvalue weighted by Crippen LogP contribution is -2.39. The van der Waals surface area contributed by atoms with Gasteiger partial charge in [0.15, 0.2) is 5.82 Å². The van der Waals surface area contributed by atoms with Crippen LogP contribution < -0.4 is 10.9 Å². The van der Waals surface area contributed by atoms with Crippen LogP contribution in [0.5, 0.6) is 0 Å². The number of carbonyl (C=O) groups excluding carboxylic acids is 2. The SMILES string of the molecule is Cc1nc(C2CCCCN2C(=O)c2ccc(=O)n(C)c2)ncc1C(=O)Nc1ccccc1. The third kappa shape index (κ3) is 4.44. The number of benzene rings is 1. The number of aromatic nitrogens is 3. The molecule has 0 saturated carbocycles. The number of anilines is 1. The van der Waals surface area contributed by atoms with Gasteiger partial charge in [-0.15, -0.1) is 0 Å². The van der Waals surface area contributed by atoms with Gasteiger partial charge in [0, 0.05) is 37.7 Å². The van der Waals surface area contributed by atoms with Crippen molar-refractivity contribution in [2.45, 2.75) is 32.2 Å². The number of nitrogens with zero attached hydrogens (tertiary/aromatic N) is 4. The summed E-state index contributed by atoms with van der Waals surface area (Å²) in [6.45, 7) is 2.36. The van der Waals surface area contributed by atoms with E-state index in [2.05, 4.69) is 15.3 Å². The standard InChI is InChI=1S/C24H25N5O3/c1-16-19(23(31)27-18-8-4-3-5-9-18)14-25-22(26-16)20-10-6-7-13-29(20)24(32)17-11-12-21(30)28(2)15-17/h3-5,8-9,11-12,14-15,20H,6-7,10,13H2,1-2H3,(H,27,31). The summed E-state index contributed by atoms with van der Waals surface area (Å²) in [6, 6.07) is 11.9. The molecule has 1 saturated heterocycles. The van der Waals surface area contributed by atoms with Crippen molar-refractivity contribution in [2.24, 2.45) is 7.05 Å². The molecule has 0 bridgehead atoms. The lowest BCUT2D eigenvalue weighted by Gasteiger charge is -2.35. The zero-order chi connectivity index (χ0) is 22.7. The van der Waals surface area contributed by atoms with Crippen molar-refractivity contribution in [3.8, 4) is 0 Å². The Labute approximate surface area is 185 Å². The summed E-state index contributed by atoms with van der Waals surface area (Å²) >= 11 is 0. The molecule has 2 aromatic heterocycles. The van der Waals surface area contributed by atoms with E-state index < -0.39 is 0 Å². The van der Waals surface area contributed by atoms with Crippen LogP contribution in [0.4, 0.5) is 5.69 Å². The van der Waals surface area contributed by atoms with Crippen molar-refractivity contribution >= 4 is 17.5 Å². The molecule has 2 amide bonds. The molecule has 1 aromatic carbocycles. The van der Waals surface area contributed by atoms with Gasteiger partial charge in [-0.1, -0.05) is 18.2 Å². The Balaban J connectivity index is 1.57. The van der Waals surface area contributed by atoms with Crippen LogP contribution in [0.1, 0.15) is 57.5 Å². The lowest BCUT2D eigenvalue weighted by molar-refractivity contribution is 0.0598. The third-order valence-corrected chi connectivity index (χ3v) is 5.67. The second-order valence-corrected chi connectivity index (χ2v) is 7.92. The Bertz CT molecular complexity index is 1210. The predicted molar refractivity (Wildman–Crippen MR) is 120 cm³/mol. The van der Waals surface area contributed by atoms with Crippen molar-refractivity contribution in [3.63, 3.8) is 0 Å². The van der Waals surface area contributed by atoms with Crippen molar-refractivity contribution in [1.29, 1.82) is 0 Å². The molecule has 3 heterocycles. The number of rotatable bonds is 4. The number of carbonyl (C=O) groups is 2. The van der Waals surface area contributed by atoms with E-state index in [0.717, 1.165) is 19.3 Å². The maximum atomic E-state index is 13.2. The molecule has 1 aliphatic rings. The molecule has 32 heavy (non-hydrogen) atoms. The van der Waals surface area contributed by atoms with Crippen molar-refractivity contribution < 1.29 is 9.59 Å². The third-order valence-electron chi connectivity index (χ3n) is 5.67. The van der Waals surface area contributed by atoms with Gasteiger partial charge in [-0.3, -0.25) is 14.4 Å². The number of aryl methyl sites for hydroxylation is 2. The minimum absolute atomic E-state index is 0.155. The molecule has 0 spiro atoms. The van der Waals surface area contributed by atoms with Gasteiger partial charge < -0.3 is 14.8 Å². The van der Waals surface area contributed by atoms with E-state index >= 15 is 0 Å². The van der Waals surface area contributed by atoms with Gasteiger partial charge in [0.1, 0.15) is 0 Å². The summed E-state index contributed by atoms with van der Waals surface area (Å²) in [5, 5.41) is 2.85. The highest BCUT2D eigenvalue weighted by molar-refractivity contribution is 6.04. The fourth-order valence-corrected chi connectivity index (χ4v) is 3.92. The molecule has 3 aromatic rings. The Morgan fingerprint density at radius 1 is 1.09 bits per heavy atom. The summed E-state index contributed by atoms with van der Waals surface area (Å²) in [4.78, 5) is 48.4. The Morgan fingerprint density at radius 2 is 1.88 bits per heavy atom. The highest BCUT2D eigenvalue weighted by Crippen LogP contribution is 2.30. The molecule has 1 aliphatic heterocycles. The Kier molecular flexibility index (Phi) is 6.11. The van der Waals surface area contributed by atoms with E-state index in [4.69, 9.17) is 0 Å². The normalized spacial score (nSPS) is 15.9. The number of piperidine rings is 1. The predicted octanol–water partition coefficient (Wildman–Crippen LogP) is 3.10. The second kappa shape index (κ2) is 9.13. The minimum atomic E-state index is -0.279.